The molecule has 8 heteroatoms. The maximum atomic E-state index is 14.0. The van der Waals surface area contributed by atoms with Crippen molar-refractivity contribution in [3.05, 3.63) is 90.0 Å². The zero-order valence-electron chi connectivity index (χ0n) is 17.7. The summed E-state index contributed by atoms with van der Waals surface area (Å²) in [5, 5.41) is 0. The molecule has 0 saturated carbocycles. The second-order valence-corrected chi connectivity index (χ2v) is 7.49. The summed E-state index contributed by atoms with van der Waals surface area (Å²) in [6.45, 7) is 0.0793. The molecule has 1 saturated heterocycles. The van der Waals surface area contributed by atoms with Gasteiger partial charge in [0.1, 0.15) is 29.5 Å². The Morgan fingerprint density at radius 2 is 1.70 bits per heavy atom. The Balaban J connectivity index is 1.53. The van der Waals surface area contributed by atoms with Crippen molar-refractivity contribution < 1.29 is 32.6 Å². The number of benzene rings is 3. The third kappa shape index (κ3) is 5.11. The van der Waals surface area contributed by atoms with Crippen LogP contribution in [-0.2, 0) is 9.53 Å². The fraction of sp³-hybridized carbons (Fsp3) is 0.200. The quantitative estimate of drug-likeness (QED) is 0.511. The number of methoxy groups -OCH3 is 1. The number of carbonyl (C=O) groups excluding carboxylic acids is 2. The van der Waals surface area contributed by atoms with Gasteiger partial charge >= 0.3 is 5.97 Å². The van der Waals surface area contributed by atoms with Crippen LogP contribution in [0.3, 0.4) is 0 Å². The van der Waals surface area contributed by atoms with Crippen LogP contribution < -0.4 is 9.47 Å². The lowest BCUT2D eigenvalue weighted by molar-refractivity contribution is -0.145. The average Bonchev–Trinajstić information content (AvgIpc) is 3.25. The van der Waals surface area contributed by atoms with Gasteiger partial charge < -0.3 is 19.1 Å². The molecular weight excluding hydrogens is 432 g/mol. The number of carbonyl (C=O) groups is 2. The van der Waals surface area contributed by atoms with E-state index in [-0.39, 0.29) is 30.1 Å². The first-order chi connectivity index (χ1) is 15.9. The van der Waals surface area contributed by atoms with Crippen molar-refractivity contribution in [3.8, 4) is 17.2 Å². The first kappa shape index (κ1) is 22.3. The van der Waals surface area contributed by atoms with Gasteiger partial charge in [0.2, 0.25) is 0 Å². The standard InChI is InChI=1S/C25H21F2NO5/c1-31-25(30)22-14-20(33-23-8-3-2-7-21(23)27)15-28(22)24(29)16-5-4-6-19(13-16)32-18-11-9-17(26)10-12-18/h2-13,20,22H,14-15H2,1H3. The first-order valence-corrected chi connectivity index (χ1v) is 10.3. The number of esters is 1. The van der Waals surface area contributed by atoms with Crippen LogP contribution in [-0.4, -0.2) is 42.6 Å². The molecule has 1 heterocycles. The van der Waals surface area contributed by atoms with E-state index in [1.54, 1.807) is 30.3 Å². The lowest BCUT2D eigenvalue weighted by Crippen LogP contribution is -2.41. The minimum atomic E-state index is -0.874. The molecule has 4 rings (SSSR count). The van der Waals surface area contributed by atoms with Gasteiger partial charge in [0, 0.05) is 12.0 Å². The van der Waals surface area contributed by atoms with Gasteiger partial charge in [0.05, 0.1) is 13.7 Å². The van der Waals surface area contributed by atoms with Crippen molar-refractivity contribution in [3.63, 3.8) is 0 Å². The Labute approximate surface area is 189 Å². The second kappa shape index (κ2) is 9.68. The zero-order chi connectivity index (χ0) is 23.4. The van der Waals surface area contributed by atoms with E-state index in [2.05, 4.69) is 0 Å². The second-order valence-electron chi connectivity index (χ2n) is 7.49. The number of hydrogen-bond donors (Lipinski definition) is 0. The van der Waals surface area contributed by atoms with Crippen LogP contribution in [0.2, 0.25) is 0 Å². The number of halogens is 2. The van der Waals surface area contributed by atoms with Crippen LogP contribution in [0.1, 0.15) is 16.8 Å². The van der Waals surface area contributed by atoms with Crippen molar-refractivity contribution in [2.24, 2.45) is 0 Å². The van der Waals surface area contributed by atoms with Crippen LogP contribution in [0, 0.1) is 11.6 Å². The predicted molar refractivity (Wildman–Crippen MR) is 115 cm³/mol. The van der Waals surface area contributed by atoms with Gasteiger partial charge in [-0.1, -0.05) is 18.2 Å². The summed E-state index contributed by atoms with van der Waals surface area (Å²) < 4.78 is 43.4. The molecule has 0 N–H and O–H groups in total. The lowest BCUT2D eigenvalue weighted by atomic mass is 10.1. The van der Waals surface area contributed by atoms with Gasteiger partial charge in [0.15, 0.2) is 11.6 Å². The largest absolute Gasteiger partial charge is 0.485 e. The van der Waals surface area contributed by atoms with Crippen molar-refractivity contribution in [1.29, 1.82) is 0 Å². The number of ether oxygens (including phenoxy) is 3. The maximum Gasteiger partial charge on any atom is 0.328 e. The molecule has 3 aromatic carbocycles. The van der Waals surface area contributed by atoms with Gasteiger partial charge in [0.25, 0.3) is 5.91 Å². The first-order valence-electron chi connectivity index (χ1n) is 10.3. The Bertz CT molecular complexity index is 1150. The van der Waals surface area contributed by atoms with E-state index in [1.165, 1.54) is 54.5 Å². The third-order valence-electron chi connectivity index (χ3n) is 5.26. The number of rotatable bonds is 6. The molecule has 0 aliphatic carbocycles. The highest BCUT2D eigenvalue weighted by Crippen LogP contribution is 2.28. The lowest BCUT2D eigenvalue weighted by Gasteiger charge is -2.22. The Morgan fingerprint density at radius 1 is 0.939 bits per heavy atom. The van der Waals surface area contributed by atoms with E-state index >= 15 is 0 Å². The molecule has 170 valence electrons. The van der Waals surface area contributed by atoms with E-state index in [4.69, 9.17) is 14.2 Å². The minimum Gasteiger partial charge on any atom is -0.485 e. The maximum absolute atomic E-state index is 14.0. The van der Waals surface area contributed by atoms with Gasteiger partial charge in [-0.25, -0.2) is 13.6 Å². The summed E-state index contributed by atoms with van der Waals surface area (Å²) in [5.74, 6) is -1.08. The van der Waals surface area contributed by atoms with Crippen LogP contribution in [0.4, 0.5) is 8.78 Å². The normalized spacial score (nSPS) is 17.5. The van der Waals surface area contributed by atoms with E-state index in [1.807, 2.05) is 0 Å². The number of nitrogens with zero attached hydrogens (tertiary/aromatic N) is 1. The molecule has 0 radical (unpaired) electrons. The van der Waals surface area contributed by atoms with Crippen LogP contribution in [0.25, 0.3) is 0 Å². The molecule has 1 aliphatic rings. The highest BCUT2D eigenvalue weighted by atomic mass is 19.1. The molecule has 6 nitrogen and oxygen atoms in total. The van der Waals surface area contributed by atoms with Crippen molar-refractivity contribution in [2.45, 2.75) is 18.6 Å². The summed E-state index contributed by atoms with van der Waals surface area (Å²) in [5.41, 5.74) is 0.287. The Hall–Kier alpha value is -3.94. The monoisotopic (exact) mass is 453 g/mol. The van der Waals surface area contributed by atoms with E-state index < -0.39 is 29.8 Å². The number of hydrogen-bond acceptors (Lipinski definition) is 5. The zero-order valence-corrected chi connectivity index (χ0v) is 17.7. The number of amides is 1. The smallest absolute Gasteiger partial charge is 0.328 e. The van der Waals surface area contributed by atoms with Gasteiger partial charge in [-0.2, -0.15) is 0 Å². The summed E-state index contributed by atoms with van der Waals surface area (Å²) in [7, 11) is 1.24. The molecule has 0 spiro atoms. The predicted octanol–water partition coefficient (Wildman–Crippen LogP) is 4.59. The third-order valence-corrected chi connectivity index (χ3v) is 5.26. The van der Waals surface area contributed by atoms with E-state index in [0.717, 1.165) is 0 Å². The SMILES string of the molecule is COC(=O)C1CC(Oc2ccccc2F)CN1C(=O)c1cccc(Oc2ccc(F)cc2)c1. The fourth-order valence-electron chi connectivity index (χ4n) is 3.68. The van der Waals surface area contributed by atoms with Crippen molar-refractivity contribution in [1.82, 2.24) is 4.90 Å². The molecule has 33 heavy (non-hydrogen) atoms. The topological polar surface area (TPSA) is 65.1 Å². The van der Waals surface area contributed by atoms with E-state index in [9.17, 15) is 18.4 Å². The molecule has 2 atom stereocenters. The van der Waals surface area contributed by atoms with Gasteiger partial charge in [-0.3, -0.25) is 4.79 Å². The van der Waals surface area contributed by atoms with Crippen molar-refractivity contribution >= 4 is 11.9 Å². The fourth-order valence-corrected chi connectivity index (χ4v) is 3.68. The minimum absolute atomic E-state index is 0.0510. The number of para-hydroxylation sites is 1. The molecule has 1 amide bonds. The molecule has 0 bridgehead atoms. The average molecular weight is 453 g/mol. The molecule has 3 aromatic rings. The molecule has 0 aromatic heterocycles. The van der Waals surface area contributed by atoms with Crippen LogP contribution in [0.15, 0.2) is 72.8 Å². The van der Waals surface area contributed by atoms with Crippen LogP contribution >= 0.6 is 0 Å². The summed E-state index contributed by atoms with van der Waals surface area (Å²) in [6, 6.07) is 17.0. The number of likely N-dealkylation sites (tertiary alicyclic amines) is 1. The summed E-state index contributed by atoms with van der Waals surface area (Å²) in [4.78, 5) is 27.0. The molecule has 2 unspecified atom stereocenters. The van der Waals surface area contributed by atoms with Gasteiger partial charge in [-0.15, -0.1) is 0 Å². The van der Waals surface area contributed by atoms with Crippen molar-refractivity contribution in [2.75, 3.05) is 13.7 Å². The molecular formula is C25H21F2NO5. The van der Waals surface area contributed by atoms with Crippen LogP contribution in [0.5, 0.6) is 17.2 Å². The molecule has 1 fully saturated rings. The molecule has 1 aliphatic heterocycles. The highest BCUT2D eigenvalue weighted by Gasteiger charge is 2.42. The Morgan fingerprint density at radius 3 is 2.42 bits per heavy atom. The van der Waals surface area contributed by atoms with Gasteiger partial charge in [-0.05, 0) is 54.6 Å². The summed E-state index contributed by atoms with van der Waals surface area (Å²) >= 11 is 0. The highest BCUT2D eigenvalue weighted by molar-refractivity contribution is 5.97. The summed E-state index contributed by atoms with van der Waals surface area (Å²) in [6.07, 6.45) is -0.424. The Kier molecular flexibility index (Phi) is 6.53. The van der Waals surface area contributed by atoms with E-state index in [0.29, 0.717) is 11.5 Å².